The van der Waals surface area contributed by atoms with Crippen molar-refractivity contribution in [2.45, 2.75) is 38.0 Å². The summed E-state index contributed by atoms with van der Waals surface area (Å²) in [6, 6.07) is 6.25. The fourth-order valence-electron chi connectivity index (χ4n) is 3.25. The Hall–Kier alpha value is -1.16. The molecule has 1 aliphatic heterocycles. The number of anilines is 1. The van der Waals surface area contributed by atoms with Crippen LogP contribution >= 0.6 is 11.8 Å². The first-order valence-electron chi connectivity index (χ1n) is 7.81. The first-order chi connectivity index (χ1) is 10.0. The molecule has 1 heterocycles. The second kappa shape index (κ2) is 7.21. The molecule has 0 aliphatic carbocycles. The SMILES string of the molecule is CSc1cccc(N2CCCC(C(C)C)CC2)c1C(=N)N. The van der Waals surface area contributed by atoms with Crippen molar-refractivity contribution in [2.75, 3.05) is 24.2 Å². The lowest BCUT2D eigenvalue weighted by molar-refractivity contribution is 0.351. The molecule has 1 aromatic rings. The van der Waals surface area contributed by atoms with Crippen molar-refractivity contribution in [3.8, 4) is 0 Å². The Kier molecular flexibility index (Phi) is 5.57. The molecule has 3 N–H and O–H groups in total. The van der Waals surface area contributed by atoms with Crippen molar-refractivity contribution in [2.24, 2.45) is 17.6 Å². The van der Waals surface area contributed by atoms with Crippen LogP contribution in [0.5, 0.6) is 0 Å². The first-order valence-corrected chi connectivity index (χ1v) is 9.03. The van der Waals surface area contributed by atoms with Gasteiger partial charge in [0.25, 0.3) is 0 Å². The van der Waals surface area contributed by atoms with Crippen molar-refractivity contribution < 1.29 is 0 Å². The van der Waals surface area contributed by atoms with E-state index in [2.05, 4.69) is 36.9 Å². The molecular formula is C17H27N3S. The Balaban J connectivity index is 2.27. The van der Waals surface area contributed by atoms with E-state index in [-0.39, 0.29) is 5.84 Å². The molecule has 0 aromatic heterocycles. The number of thioether (sulfide) groups is 1. The van der Waals surface area contributed by atoms with E-state index in [1.807, 2.05) is 6.26 Å². The summed E-state index contributed by atoms with van der Waals surface area (Å²) in [5.41, 5.74) is 7.90. The Morgan fingerprint density at radius 3 is 2.71 bits per heavy atom. The third-order valence-electron chi connectivity index (χ3n) is 4.55. The summed E-state index contributed by atoms with van der Waals surface area (Å²) < 4.78 is 0. The van der Waals surface area contributed by atoms with E-state index < -0.39 is 0 Å². The quantitative estimate of drug-likeness (QED) is 0.503. The van der Waals surface area contributed by atoms with E-state index in [0.717, 1.165) is 41.1 Å². The minimum absolute atomic E-state index is 0.180. The highest BCUT2D eigenvalue weighted by atomic mass is 32.2. The first kappa shape index (κ1) is 16.2. The van der Waals surface area contributed by atoms with E-state index in [9.17, 15) is 0 Å². The monoisotopic (exact) mass is 305 g/mol. The Morgan fingerprint density at radius 2 is 2.10 bits per heavy atom. The van der Waals surface area contributed by atoms with Gasteiger partial charge in [-0.2, -0.15) is 0 Å². The van der Waals surface area contributed by atoms with Crippen molar-refractivity contribution in [1.82, 2.24) is 0 Å². The van der Waals surface area contributed by atoms with Crippen LogP contribution in [0.25, 0.3) is 0 Å². The number of hydrogen-bond donors (Lipinski definition) is 2. The molecule has 1 aromatic carbocycles. The molecule has 1 saturated heterocycles. The second-order valence-corrected chi connectivity index (χ2v) is 7.04. The smallest absolute Gasteiger partial charge is 0.126 e. The minimum atomic E-state index is 0.180. The highest BCUT2D eigenvalue weighted by Crippen LogP contribution is 2.32. The van der Waals surface area contributed by atoms with Gasteiger partial charge in [-0.25, -0.2) is 0 Å². The molecule has 0 amide bonds. The number of hydrogen-bond acceptors (Lipinski definition) is 3. The van der Waals surface area contributed by atoms with E-state index in [1.54, 1.807) is 11.8 Å². The topological polar surface area (TPSA) is 53.1 Å². The molecule has 0 radical (unpaired) electrons. The molecule has 1 atom stereocenters. The molecule has 0 saturated carbocycles. The molecule has 1 unspecified atom stereocenters. The lowest BCUT2D eigenvalue weighted by Gasteiger charge is -2.26. The molecule has 2 rings (SSSR count). The zero-order valence-electron chi connectivity index (χ0n) is 13.4. The fraction of sp³-hybridized carbons (Fsp3) is 0.588. The van der Waals surface area contributed by atoms with Gasteiger partial charge in [0.15, 0.2) is 0 Å². The predicted octanol–water partition coefficient (Wildman–Crippen LogP) is 3.96. The van der Waals surface area contributed by atoms with Gasteiger partial charge in [0.05, 0.1) is 5.56 Å². The maximum Gasteiger partial charge on any atom is 0.126 e. The van der Waals surface area contributed by atoms with Gasteiger partial charge in [0.1, 0.15) is 5.84 Å². The summed E-state index contributed by atoms with van der Waals surface area (Å²) in [5, 5.41) is 7.94. The molecule has 3 nitrogen and oxygen atoms in total. The van der Waals surface area contributed by atoms with E-state index >= 15 is 0 Å². The summed E-state index contributed by atoms with van der Waals surface area (Å²) in [4.78, 5) is 3.53. The largest absolute Gasteiger partial charge is 0.384 e. The van der Waals surface area contributed by atoms with Crippen LogP contribution in [-0.4, -0.2) is 25.2 Å². The van der Waals surface area contributed by atoms with Crippen molar-refractivity contribution in [3.05, 3.63) is 23.8 Å². The molecule has 0 spiro atoms. The van der Waals surface area contributed by atoms with Crippen LogP contribution in [-0.2, 0) is 0 Å². The van der Waals surface area contributed by atoms with Gasteiger partial charge in [0, 0.05) is 23.7 Å². The van der Waals surface area contributed by atoms with Gasteiger partial charge in [-0.05, 0) is 49.5 Å². The maximum atomic E-state index is 7.94. The average Bonchev–Trinajstić information content (AvgIpc) is 2.72. The van der Waals surface area contributed by atoms with Crippen LogP contribution in [0.3, 0.4) is 0 Å². The zero-order chi connectivity index (χ0) is 15.4. The van der Waals surface area contributed by atoms with Crippen molar-refractivity contribution in [1.29, 1.82) is 5.41 Å². The zero-order valence-corrected chi connectivity index (χ0v) is 14.2. The number of amidine groups is 1. The Labute approximate surface area is 132 Å². The molecular weight excluding hydrogens is 278 g/mol. The maximum absolute atomic E-state index is 7.94. The van der Waals surface area contributed by atoms with Crippen LogP contribution in [0, 0.1) is 17.2 Å². The van der Waals surface area contributed by atoms with Crippen LogP contribution < -0.4 is 10.6 Å². The molecule has 0 bridgehead atoms. The lowest BCUT2D eigenvalue weighted by Crippen LogP contribution is -2.28. The summed E-state index contributed by atoms with van der Waals surface area (Å²) in [6.45, 7) is 6.80. The summed E-state index contributed by atoms with van der Waals surface area (Å²) >= 11 is 1.67. The van der Waals surface area contributed by atoms with Gasteiger partial charge >= 0.3 is 0 Å². The van der Waals surface area contributed by atoms with Crippen molar-refractivity contribution in [3.63, 3.8) is 0 Å². The Morgan fingerprint density at radius 1 is 1.33 bits per heavy atom. The highest BCUT2D eigenvalue weighted by molar-refractivity contribution is 7.98. The molecule has 1 aliphatic rings. The van der Waals surface area contributed by atoms with Crippen molar-refractivity contribution >= 4 is 23.3 Å². The number of benzene rings is 1. The van der Waals surface area contributed by atoms with Gasteiger partial charge < -0.3 is 10.6 Å². The third-order valence-corrected chi connectivity index (χ3v) is 5.33. The number of nitrogens with one attached hydrogen (secondary N) is 1. The predicted molar refractivity (Wildman–Crippen MR) is 93.6 cm³/mol. The lowest BCUT2D eigenvalue weighted by atomic mass is 9.89. The second-order valence-electron chi connectivity index (χ2n) is 6.19. The van der Waals surface area contributed by atoms with Crippen LogP contribution in [0.15, 0.2) is 23.1 Å². The standard InChI is InChI=1S/C17H27N3S/c1-12(2)13-6-5-10-20(11-9-13)14-7-4-8-15(21-3)16(14)17(18)19/h4,7-8,12-13H,5-6,9-11H2,1-3H3,(H3,18,19). The number of nitrogens with zero attached hydrogens (tertiary/aromatic N) is 1. The van der Waals surface area contributed by atoms with Gasteiger partial charge in [-0.15, -0.1) is 11.8 Å². The minimum Gasteiger partial charge on any atom is -0.384 e. The van der Waals surface area contributed by atoms with Crippen LogP contribution in [0.1, 0.15) is 38.7 Å². The number of nitrogen functional groups attached to an aromatic ring is 1. The fourth-order valence-corrected chi connectivity index (χ4v) is 3.89. The van der Waals surface area contributed by atoms with E-state index in [0.29, 0.717) is 0 Å². The van der Waals surface area contributed by atoms with Crippen LogP contribution in [0.2, 0.25) is 0 Å². The molecule has 4 heteroatoms. The van der Waals surface area contributed by atoms with E-state index in [4.69, 9.17) is 11.1 Å². The summed E-state index contributed by atoms with van der Waals surface area (Å²) in [6.07, 6.45) is 5.82. The normalized spacial score (nSPS) is 19.6. The van der Waals surface area contributed by atoms with Gasteiger partial charge in [0.2, 0.25) is 0 Å². The van der Waals surface area contributed by atoms with Gasteiger partial charge in [-0.3, -0.25) is 5.41 Å². The van der Waals surface area contributed by atoms with E-state index in [1.165, 1.54) is 19.3 Å². The molecule has 1 fully saturated rings. The summed E-state index contributed by atoms with van der Waals surface area (Å²) in [7, 11) is 0. The third kappa shape index (κ3) is 3.73. The highest BCUT2D eigenvalue weighted by Gasteiger charge is 2.22. The summed E-state index contributed by atoms with van der Waals surface area (Å²) in [5.74, 6) is 1.76. The Bertz CT molecular complexity index is 499. The average molecular weight is 305 g/mol. The van der Waals surface area contributed by atoms with Gasteiger partial charge in [-0.1, -0.05) is 19.9 Å². The molecule has 116 valence electrons. The molecule has 21 heavy (non-hydrogen) atoms. The van der Waals surface area contributed by atoms with Crippen LogP contribution in [0.4, 0.5) is 5.69 Å². The number of rotatable bonds is 4. The number of nitrogens with two attached hydrogens (primary N) is 1.